The normalized spacial score (nSPS) is 17.2. The molecule has 2 saturated carbocycles. The number of carbonyl (C=O) groups is 2. The highest BCUT2D eigenvalue weighted by molar-refractivity contribution is 6.01. The maximum atomic E-state index is 14.0. The Balaban J connectivity index is 1.24. The SMILES string of the molecule is CC(=O)/C(C)=C/c1ccc2[nH]c(C3(NC(=O)c4ccc5c(C6CCCCC6)c(-c6ccoc6)n(C)c5c4)CCC3)[n+](C)c2c1. The number of ketones is 1. The number of aromatic amines is 1. The van der Waals surface area contributed by atoms with Crippen molar-refractivity contribution in [3.8, 4) is 11.3 Å². The highest BCUT2D eigenvalue weighted by atomic mass is 16.3. The lowest BCUT2D eigenvalue weighted by atomic mass is 9.75. The lowest BCUT2D eigenvalue weighted by molar-refractivity contribution is -0.658. The summed E-state index contributed by atoms with van der Waals surface area (Å²) < 4.78 is 9.91. The van der Waals surface area contributed by atoms with Crippen LogP contribution < -0.4 is 9.88 Å². The predicted octanol–water partition coefficient (Wildman–Crippen LogP) is 7.59. The summed E-state index contributed by atoms with van der Waals surface area (Å²) in [5, 5.41) is 4.68. The third-order valence-corrected chi connectivity index (χ3v) is 10.2. The molecule has 226 valence electrons. The fraction of sp³-hybridized carbons (Fsp3) is 0.378. The van der Waals surface area contributed by atoms with E-state index in [1.54, 1.807) is 13.2 Å². The van der Waals surface area contributed by atoms with Crippen LogP contribution in [0, 0.1) is 0 Å². The van der Waals surface area contributed by atoms with E-state index in [1.165, 1.54) is 48.7 Å². The van der Waals surface area contributed by atoms with Gasteiger partial charge in [0.15, 0.2) is 16.8 Å². The average Bonchev–Trinajstić information content (AvgIpc) is 3.72. The fourth-order valence-corrected chi connectivity index (χ4v) is 7.55. The van der Waals surface area contributed by atoms with Crippen molar-refractivity contribution in [3.05, 3.63) is 83.1 Å². The number of hydrogen-bond acceptors (Lipinski definition) is 3. The van der Waals surface area contributed by atoms with Crippen LogP contribution in [0.1, 0.15) is 98.4 Å². The molecule has 0 unspecified atom stereocenters. The Morgan fingerprint density at radius 3 is 2.52 bits per heavy atom. The molecule has 3 aromatic heterocycles. The molecule has 0 saturated heterocycles. The molecule has 5 aromatic rings. The van der Waals surface area contributed by atoms with Crippen molar-refractivity contribution in [1.82, 2.24) is 14.9 Å². The van der Waals surface area contributed by atoms with E-state index in [0.717, 1.165) is 58.3 Å². The van der Waals surface area contributed by atoms with Gasteiger partial charge >= 0.3 is 0 Å². The van der Waals surface area contributed by atoms with Crippen molar-refractivity contribution in [2.24, 2.45) is 14.1 Å². The van der Waals surface area contributed by atoms with Gasteiger partial charge in [0.2, 0.25) is 0 Å². The van der Waals surface area contributed by atoms with Gasteiger partial charge in [-0.25, -0.2) is 9.55 Å². The first-order valence-electron chi connectivity index (χ1n) is 15.9. The standard InChI is InChI=1S/C37H40N4O3/c1-23(24(2)42)19-25-11-14-30-32(20-25)41(4)36(38-30)37(16-8-17-37)39-35(43)27-12-13-29-31(21-27)40(3)34(28-15-18-44-22-28)33(29)26-9-6-5-7-10-26/h11-15,18-22,26H,5-10,16-17H2,1-4H3,(H,39,43)/p+1/b23-19+. The Kier molecular flexibility index (Phi) is 7.07. The van der Waals surface area contributed by atoms with Gasteiger partial charge in [0, 0.05) is 29.1 Å². The van der Waals surface area contributed by atoms with Gasteiger partial charge in [-0.15, -0.1) is 0 Å². The van der Waals surface area contributed by atoms with Crippen molar-refractivity contribution >= 4 is 39.7 Å². The summed E-state index contributed by atoms with van der Waals surface area (Å²) in [6.45, 7) is 3.43. The van der Waals surface area contributed by atoms with Crippen molar-refractivity contribution in [2.75, 3.05) is 0 Å². The van der Waals surface area contributed by atoms with Gasteiger partial charge in [-0.3, -0.25) is 9.59 Å². The topological polar surface area (TPSA) is 83.9 Å². The molecule has 0 bridgehead atoms. The first kappa shape index (κ1) is 28.4. The summed E-state index contributed by atoms with van der Waals surface area (Å²) in [6.07, 6.45) is 14.5. The number of aryl methyl sites for hydroxylation is 2. The number of fused-ring (bicyclic) bond motifs is 2. The van der Waals surface area contributed by atoms with E-state index in [0.29, 0.717) is 11.5 Å². The number of nitrogens with zero attached hydrogens (tertiary/aromatic N) is 2. The zero-order valence-electron chi connectivity index (χ0n) is 26.1. The molecular weight excluding hydrogens is 548 g/mol. The maximum Gasteiger partial charge on any atom is 0.281 e. The number of nitrogens with one attached hydrogen (secondary N) is 2. The number of furan rings is 1. The molecule has 2 aliphatic rings. The summed E-state index contributed by atoms with van der Waals surface area (Å²) in [4.78, 5) is 29.4. The van der Waals surface area contributed by atoms with Crippen LogP contribution in [0.2, 0.25) is 0 Å². The van der Waals surface area contributed by atoms with Gasteiger partial charge in [-0.2, -0.15) is 0 Å². The number of rotatable bonds is 7. The number of H-pyrrole nitrogens is 1. The van der Waals surface area contributed by atoms with Crippen molar-refractivity contribution in [3.63, 3.8) is 0 Å². The van der Waals surface area contributed by atoms with Crippen LogP contribution in [0.3, 0.4) is 0 Å². The molecule has 0 aliphatic heterocycles. The molecule has 0 radical (unpaired) electrons. The minimum absolute atomic E-state index is 0.0590. The molecule has 44 heavy (non-hydrogen) atoms. The van der Waals surface area contributed by atoms with Crippen LogP contribution >= 0.6 is 0 Å². The Morgan fingerprint density at radius 1 is 1.05 bits per heavy atom. The second kappa shape index (κ2) is 11.0. The smallest absolute Gasteiger partial charge is 0.281 e. The molecule has 2 fully saturated rings. The summed E-state index contributed by atoms with van der Waals surface area (Å²) in [5.41, 5.74) is 8.72. The summed E-state index contributed by atoms with van der Waals surface area (Å²) in [7, 11) is 4.16. The van der Waals surface area contributed by atoms with Gasteiger partial charge in [0.05, 0.1) is 25.3 Å². The number of aromatic nitrogens is 3. The average molecular weight is 590 g/mol. The molecular formula is C37H41N4O3+. The molecule has 2 aliphatic carbocycles. The number of carbonyl (C=O) groups excluding carboxylic acids is 2. The van der Waals surface area contributed by atoms with E-state index >= 15 is 0 Å². The Labute approximate surface area is 258 Å². The second-order valence-corrected chi connectivity index (χ2v) is 13.0. The molecule has 1 amide bonds. The summed E-state index contributed by atoms with van der Waals surface area (Å²) in [5.74, 6) is 1.52. The van der Waals surface area contributed by atoms with Crippen LogP contribution in [0.5, 0.6) is 0 Å². The van der Waals surface area contributed by atoms with Crippen LogP contribution in [0.15, 0.2) is 65.0 Å². The Bertz CT molecular complexity index is 1930. The first-order chi connectivity index (χ1) is 21.3. The van der Waals surface area contributed by atoms with Gasteiger partial charge < -0.3 is 14.3 Å². The molecule has 7 heteroatoms. The first-order valence-corrected chi connectivity index (χ1v) is 15.9. The third-order valence-electron chi connectivity index (χ3n) is 10.2. The minimum atomic E-state index is -0.464. The van der Waals surface area contributed by atoms with E-state index in [2.05, 4.69) is 50.7 Å². The number of benzene rings is 2. The van der Waals surface area contributed by atoms with E-state index in [4.69, 9.17) is 4.42 Å². The molecule has 2 aromatic carbocycles. The van der Waals surface area contributed by atoms with Gasteiger partial charge in [-0.05, 0) is 105 Å². The van der Waals surface area contributed by atoms with E-state index in [9.17, 15) is 9.59 Å². The maximum absolute atomic E-state index is 14.0. The van der Waals surface area contributed by atoms with Crippen LogP contribution in [-0.2, 0) is 24.4 Å². The zero-order chi connectivity index (χ0) is 30.6. The van der Waals surface area contributed by atoms with Crippen molar-refractivity contribution < 1.29 is 18.6 Å². The fourth-order valence-electron chi connectivity index (χ4n) is 7.55. The number of Topliss-reactive ketones (excluding diaryl/α,β-unsaturated/α-hetero) is 1. The zero-order valence-corrected chi connectivity index (χ0v) is 26.1. The predicted molar refractivity (Wildman–Crippen MR) is 173 cm³/mol. The van der Waals surface area contributed by atoms with Gasteiger partial charge in [0.25, 0.3) is 11.7 Å². The van der Waals surface area contributed by atoms with E-state index < -0.39 is 5.54 Å². The summed E-state index contributed by atoms with van der Waals surface area (Å²) in [6, 6.07) is 14.4. The number of allylic oxidation sites excluding steroid dienone is 1. The van der Waals surface area contributed by atoms with Gasteiger partial charge in [-0.1, -0.05) is 31.4 Å². The highest BCUT2D eigenvalue weighted by Crippen LogP contribution is 2.44. The lowest BCUT2D eigenvalue weighted by Gasteiger charge is -2.38. The quantitative estimate of drug-likeness (QED) is 0.152. The Hall–Kier alpha value is -4.39. The second-order valence-electron chi connectivity index (χ2n) is 13.0. The van der Waals surface area contributed by atoms with Crippen LogP contribution in [0.25, 0.3) is 39.3 Å². The number of hydrogen-bond donors (Lipinski definition) is 2. The largest absolute Gasteiger partial charge is 0.472 e. The third kappa shape index (κ3) is 4.70. The molecule has 0 spiro atoms. The van der Waals surface area contributed by atoms with Crippen LogP contribution in [-0.4, -0.2) is 21.2 Å². The van der Waals surface area contributed by atoms with Crippen LogP contribution in [0.4, 0.5) is 0 Å². The van der Waals surface area contributed by atoms with Crippen molar-refractivity contribution in [1.29, 1.82) is 0 Å². The Morgan fingerprint density at radius 2 is 1.84 bits per heavy atom. The van der Waals surface area contributed by atoms with E-state index in [1.807, 2.05) is 44.5 Å². The van der Waals surface area contributed by atoms with Gasteiger partial charge in [0.1, 0.15) is 5.54 Å². The monoisotopic (exact) mass is 589 g/mol. The highest BCUT2D eigenvalue weighted by Gasteiger charge is 2.48. The number of amides is 1. The van der Waals surface area contributed by atoms with E-state index in [-0.39, 0.29) is 11.7 Å². The molecule has 2 N–H and O–H groups in total. The molecule has 0 atom stereocenters. The molecule has 7 nitrogen and oxygen atoms in total. The number of imidazole rings is 1. The minimum Gasteiger partial charge on any atom is -0.472 e. The van der Waals surface area contributed by atoms with Crippen molar-refractivity contribution in [2.45, 2.75) is 76.7 Å². The molecule has 3 heterocycles. The lowest BCUT2D eigenvalue weighted by Crippen LogP contribution is -2.56. The summed E-state index contributed by atoms with van der Waals surface area (Å²) >= 11 is 0. The molecule has 7 rings (SSSR count).